The van der Waals surface area contributed by atoms with Crippen LogP contribution in [0.3, 0.4) is 0 Å². The predicted molar refractivity (Wildman–Crippen MR) is 97.9 cm³/mol. The van der Waals surface area contributed by atoms with Crippen LogP contribution in [-0.4, -0.2) is 43.6 Å². The predicted octanol–water partition coefficient (Wildman–Crippen LogP) is 4.65. The fourth-order valence-corrected chi connectivity index (χ4v) is 11.9. The zero-order valence-corrected chi connectivity index (χ0v) is 17.5. The lowest BCUT2D eigenvalue weighted by Crippen LogP contribution is -2.59. The Morgan fingerprint density at radius 3 is 1.45 bits per heavy atom. The first-order valence-electron chi connectivity index (χ1n) is 9.01. The van der Waals surface area contributed by atoms with Crippen molar-refractivity contribution in [3.8, 4) is 0 Å². The van der Waals surface area contributed by atoms with Gasteiger partial charge in [0.2, 0.25) is 5.91 Å². The molecule has 1 atom stereocenters. The van der Waals surface area contributed by atoms with Crippen molar-refractivity contribution in [3.63, 3.8) is 0 Å². The summed E-state index contributed by atoms with van der Waals surface area (Å²) < 4.78 is 3.82. The topological polar surface area (TPSA) is 40.6 Å². The lowest BCUT2D eigenvalue weighted by atomic mass is 10.4. The van der Waals surface area contributed by atoms with E-state index < -0.39 is 16.5 Å². The number of hydrogen-bond acceptors (Lipinski definition) is 2. The SMILES string of the molecule is CC[Si](CC)(CC)N1C(=O)C(C)N([Si](CC)(CC)CC)C1=O. The van der Waals surface area contributed by atoms with Crippen molar-refractivity contribution in [1.82, 2.24) is 9.13 Å². The van der Waals surface area contributed by atoms with Gasteiger partial charge in [0.25, 0.3) is 0 Å². The highest BCUT2D eigenvalue weighted by atomic mass is 28.3. The highest BCUT2D eigenvalue weighted by molar-refractivity contribution is 6.84. The van der Waals surface area contributed by atoms with Gasteiger partial charge in [0.05, 0.1) is 0 Å². The third-order valence-corrected chi connectivity index (χ3v) is 17.2. The summed E-state index contributed by atoms with van der Waals surface area (Å²) in [4.78, 5) is 26.2. The molecule has 128 valence electrons. The number of carbonyl (C=O) groups is 2. The number of urea groups is 1. The zero-order valence-electron chi connectivity index (χ0n) is 15.5. The van der Waals surface area contributed by atoms with E-state index in [4.69, 9.17) is 0 Å². The number of amides is 3. The van der Waals surface area contributed by atoms with E-state index in [0.29, 0.717) is 0 Å². The summed E-state index contributed by atoms with van der Waals surface area (Å²) in [6, 6.07) is 5.82. The molecule has 0 radical (unpaired) electrons. The van der Waals surface area contributed by atoms with Crippen LogP contribution in [0.25, 0.3) is 0 Å². The van der Waals surface area contributed by atoms with E-state index in [0.717, 1.165) is 36.3 Å². The third kappa shape index (κ3) is 2.68. The van der Waals surface area contributed by atoms with Crippen LogP contribution in [0.2, 0.25) is 36.3 Å². The van der Waals surface area contributed by atoms with Gasteiger partial charge < -0.3 is 4.57 Å². The molecule has 22 heavy (non-hydrogen) atoms. The number of rotatable bonds is 8. The first kappa shape index (κ1) is 19.4. The van der Waals surface area contributed by atoms with Crippen molar-refractivity contribution in [1.29, 1.82) is 0 Å². The fourth-order valence-electron chi connectivity index (χ4n) is 4.20. The van der Waals surface area contributed by atoms with Crippen LogP contribution in [0.1, 0.15) is 48.5 Å². The largest absolute Gasteiger partial charge is 0.341 e. The standard InChI is InChI=1S/C16H34N2O2Si2/c1-8-21(9-2,10-3)17-14(7)15(19)18(16(17)20)22(11-4,12-5)13-6/h14H,8-13H2,1-7H3. The van der Waals surface area contributed by atoms with Gasteiger partial charge in [-0.3, -0.25) is 9.36 Å². The molecule has 0 saturated carbocycles. The smallest absolute Gasteiger partial charge is 0.311 e. The van der Waals surface area contributed by atoms with Gasteiger partial charge in [-0.15, -0.1) is 0 Å². The molecule has 1 heterocycles. The Labute approximate surface area is 138 Å². The molecule has 0 aromatic carbocycles. The molecule has 1 aliphatic heterocycles. The molecule has 1 saturated heterocycles. The van der Waals surface area contributed by atoms with Crippen molar-refractivity contribution >= 4 is 28.4 Å². The van der Waals surface area contributed by atoms with Crippen LogP contribution in [0.15, 0.2) is 0 Å². The Morgan fingerprint density at radius 1 is 0.773 bits per heavy atom. The van der Waals surface area contributed by atoms with Gasteiger partial charge in [0, 0.05) is 0 Å². The van der Waals surface area contributed by atoms with Crippen LogP contribution in [0, 0.1) is 0 Å². The quantitative estimate of drug-likeness (QED) is 0.476. The maximum atomic E-state index is 13.3. The van der Waals surface area contributed by atoms with Crippen molar-refractivity contribution < 1.29 is 9.59 Å². The molecule has 0 aliphatic carbocycles. The van der Waals surface area contributed by atoms with Gasteiger partial charge in [0.1, 0.15) is 6.04 Å². The van der Waals surface area contributed by atoms with Crippen LogP contribution in [0.5, 0.6) is 0 Å². The Morgan fingerprint density at radius 2 is 1.14 bits per heavy atom. The van der Waals surface area contributed by atoms with Gasteiger partial charge in [-0.2, -0.15) is 0 Å². The maximum absolute atomic E-state index is 13.3. The molecule has 1 rings (SSSR count). The molecule has 0 bridgehead atoms. The third-order valence-electron chi connectivity index (χ3n) is 6.30. The summed E-state index contributed by atoms with van der Waals surface area (Å²) in [5.74, 6) is 0.0782. The van der Waals surface area contributed by atoms with E-state index in [9.17, 15) is 9.59 Å². The molecule has 0 N–H and O–H groups in total. The molecule has 6 heteroatoms. The summed E-state index contributed by atoms with van der Waals surface area (Å²) >= 11 is 0. The van der Waals surface area contributed by atoms with E-state index >= 15 is 0 Å². The zero-order chi connectivity index (χ0) is 17.1. The first-order valence-corrected chi connectivity index (χ1v) is 14.2. The Kier molecular flexibility index (Phi) is 6.44. The minimum absolute atomic E-state index is 0.0481. The molecule has 0 aromatic heterocycles. The molecule has 3 amide bonds. The average Bonchev–Trinajstić information content (AvgIpc) is 2.77. The Balaban J connectivity index is 3.35. The van der Waals surface area contributed by atoms with Gasteiger partial charge in [-0.1, -0.05) is 41.5 Å². The molecular weight excluding hydrogens is 308 g/mol. The summed E-state index contributed by atoms with van der Waals surface area (Å²) in [7, 11) is -3.86. The number of carbonyl (C=O) groups excluding carboxylic acids is 2. The van der Waals surface area contributed by atoms with Crippen molar-refractivity contribution in [2.45, 2.75) is 90.8 Å². The summed E-state index contributed by atoms with van der Waals surface area (Å²) in [5.41, 5.74) is 0. The van der Waals surface area contributed by atoms with Crippen molar-refractivity contribution in [2.24, 2.45) is 0 Å². The number of nitrogens with zero attached hydrogens (tertiary/aromatic N) is 2. The lowest BCUT2D eigenvalue weighted by molar-refractivity contribution is -0.124. The minimum atomic E-state index is -2.00. The normalized spacial score (nSPS) is 20.2. The highest BCUT2D eigenvalue weighted by Gasteiger charge is 2.56. The number of hydrogen-bond donors (Lipinski definition) is 0. The second-order valence-corrected chi connectivity index (χ2v) is 16.6. The van der Waals surface area contributed by atoms with Crippen LogP contribution >= 0.6 is 0 Å². The molecule has 1 unspecified atom stereocenters. The van der Waals surface area contributed by atoms with E-state index in [1.54, 1.807) is 4.57 Å². The summed E-state index contributed by atoms with van der Waals surface area (Å²) in [6.45, 7) is 15.0. The van der Waals surface area contributed by atoms with Crippen molar-refractivity contribution in [3.05, 3.63) is 0 Å². The number of imide groups is 1. The second-order valence-electron chi connectivity index (χ2n) is 6.57. The lowest BCUT2D eigenvalue weighted by Gasteiger charge is -2.41. The molecule has 4 nitrogen and oxygen atoms in total. The van der Waals surface area contributed by atoms with Gasteiger partial charge in [-0.25, -0.2) is 4.79 Å². The minimum Gasteiger partial charge on any atom is -0.341 e. The van der Waals surface area contributed by atoms with Crippen LogP contribution < -0.4 is 0 Å². The molecule has 0 aromatic rings. The van der Waals surface area contributed by atoms with E-state index in [2.05, 4.69) is 46.1 Å². The highest BCUT2D eigenvalue weighted by Crippen LogP contribution is 2.37. The molecule has 0 spiro atoms. The van der Waals surface area contributed by atoms with Gasteiger partial charge in [-0.05, 0) is 43.2 Å². The monoisotopic (exact) mass is 342 g/mol. The van der Waals surface area contributed by atoms with E-state index in [1.165, 1.54) is 0 Å². The Hall–Kier alpha value is -0.626. The van der Waals surface area contributed by atoms with Gasteiger partial charge >= 0.3 is 6.03 Å². The van der Waals surface area contributed by atoms with Crippen LogP contribution in [0.4, 0.5) is 4.79 Å². The molecule has 1 aliphatic rings. The van der Waals surface area contributed by atoms with Crippen molar-refractivity contribution in [2.75, 3.05) is 0 Å². The fraction of sp³-hybridized carbons (Fsp3) is 0.875. The molecular formula is C16H34N2O2Si2. The maximum Gasteiger partial charge on any atom is 0.311 e. The summed E-state index contributed by atoms with van der Waals surface area (Å²) in [5, 5.41) is 0. The average molecular weight is 343 g/mol. The molecule has 1 fully saturated rings. The first-order chi connectivity index (χ1) is 10.3. The van der Waals surface area contributed by atoms with E-state index in [1.807, 2.05) is 6.92 Å². The summed E-state index contributed by atoms with van der Waals surface area (Å²) in [6.07, 6.45) is 0. The van der Waals surface area contributed by atoms with E-state index in [-0.39, 0.29) is 18.0 Å². The Bertz CT molecular complexity index is 404. The second kappa shape index (κ2) is 7.30. The van der Waals surface area contributed by atoms with Gasteiger partial charge in [0.15, 0.2) is 16.5 Å². The van der Waals surface area contributed by atoms with Crippen LogP contribution in [-0.2, 0) is 4.79 Å².